The lowest BCUT2D eigenvalue weighted by molar-refractivity contribution is -0.135. The molecule has 6 nitrogen and oxygen atoms in total. The first-order valence-electron chi connectivity index (χ1n) is 8.46. The highest BCUT2D eigenvalue weighted by atomic mass is 16.2. The van der Waals surface area contributed by atoms with Crippen LogP contribution in [-0.4, -0.2) is 40.9 Å². The fourth-order valence-electron chi connectivity index (χ4n) is 3.62. The number of nitrogens with zero attached hydrogens (tertiary/aromatic N) is 1. The van der Waals surface area contributed by atoms with E-state index in [0.29, 0.717) is 12.8 Å². The van der Waals surface area contributed by atoms with E-state index in [4.69, 9.17) is 0 Å². The van der Waals surface area contributed by atoms with Gasteiger partial charge >= 0.3 is 6.03 Å². The van der Waals surface area contributed by atoms with E-state index in [0.717, 1.165) is 43.4 Å². The second-order valence-corrected chi connectivity index (χ2v) is 6.45. The Hall–Kier alpha value is -1.59. The minimum absolute atomic E-state index is 0.170. The lowest BCUT2D eigenvalue weighted by Crippen LogP contribution is -2.48. The molecule has 0 bridgehead atoms. The molecule has 1 heterocycles. The first-order valence-corrected chi connectivity index (χ1v) is 8.46. The zero-order valence-corrected chi connectivity index (χ0v) is 13.6. The third kappa shape index (κ3) is 3.42. The van der Waals surface area contributed by atoms with E-state index in [1.54, 1.807) is 0 Å². The molecule has 6 heteroatoms. The molecule has 1 aliphatic carbocycles. The molecule has 2 aliphatic rings. The molecule has 1 aliphatic heterocycles. The SMILES string of the molecule is CCCC1(CCC)NC(=O)N(CC(=O)NC2CCCC2)C1=O. The Labute approximate surface area is 132 Å². The largest absolute Gasteiger partial charge is 0.352 e. The van der Waals surface area contributed by atoms with Crippen molar-refractivity contribution in [3.05, 3.63) is 0 Å². The van der Waals surface area contributed by atoms with Crippen molar-refractivity contribution in [2.24, 2.45) is 0 Å². The van der Waals surface area contributed by atoms with Gasteiger partial charge in [-0.2, -0.15) is 0 Å². The summed E-state index contributed by atoms with van der Waals surface area (Å²) in [6.45, 7) is 3.81. The highest BCUT2D eigenvalue weighted by Crippen LogP contribution is 2.28. The van der Waals surface area contributed by atoms with Gasteiger partial charge in [0, 0.05) is 6.04 Å². The smallest absolute Gasteiger partial charge is 0.325 e. The van der Waals surface area contributed by atoms with Gasteiger partial charge in [0.15, 0.2) is 0 Å². The summed E-state index contributed by atoms with van der Waals surface area (Å²) < 4.78 is 0. The predicted octanol–water partition coefficient (Wildman–Crippen LogP) is 1.94. The van der Waals surface area contributed by atoms with Crippen molar-refractivity contribution in [2.45, 2.75) is 76.8 Å². The monoisotopic (exact) mass is 309 g/mol. The zero-order valence-electron chi connectivity index (χ0n) is 13.6. The molecular formula is C16H27N3O3. The van der Waals surface area contributed by atoms with E-state index in [9.17, 15) is 14.4 Å². The summed E-state index contributed by atoms with van der Waals surface area (Å²) in [5, 5.41) is 5.75. The van der Waals surface area contributed by atoms with Crippen LogP contribution in [0.4, 0.5) is 4.79 Å². The number of nitrogens with one attached hydrogen (secondary N) is 2. The van der Waals surface area contributed by atoms with Gasteiger partial charge in [0.25, 0.3) is 5.91 Å². The van der Waals surface area contributed by atoms with Crippen LogP contribution >= 0.6 is 0 Å². The lowest BCUT2D eigenvalue weighted by atomic mass is 9.88. The van der Waals surface area contributed by atoms with Gasteiger partial charge in [0.05, 0.1) is 0 Å². The molecule has 0 radical (unpaired) electrons. The number of hydrogen-bond donors (Lipinski definition) is 2. The third-order valence-electron chi connectivity index (χ3n) is 4.62. The van der Waals surface area contributed by atoms with Gasteiger partial charge in [-0.15, -0.1) is 0 Å². The van der Waals surface area contributed by atoms with Gasteiger partial charge in [-0.1, -0.05) is 39.5 Å². The molecular weight excluding hydrogens is 282 g/mol. The molecule has 2 fully saturated rings. The molecule has 0 aromatic rings. The standard InChI is InChI=1S/C16H27N3O3/c1-3-9-16(10-4-2)14(21)19(15(22)18-16)11-13(20)17-12-7-5-6-8-12/h12H,3-11H2,1-2H3,(H,17,20)(H,18,22). The number of amides is 4. The molecule has 0 spiro atoms. The van der Waals surface area contributed by atoms with Crippen molar-refractivity contribution in [1.29, 1.82) is 0 Å². The van der Waals surface area contributed by atoms with Crippen molar-refractivity contribution in [2.75, 3.05) is 6.54 Å². The maximum atomic E-state index is 12.7. The van der Waals surface area contributed by atoms with Crippen molar-refractivity contribution < 1.29 is 14.4 Å². The van der Waals surface area contributed by atoms with E-state index < -0.39 is 11.6 Å². The molecule has 2 rings (SSSR count). The summed E-state index contributed by atoms with van der Waals surface area (Å²) in [4.78, 5) is 38.0. The Balaban J connectivity index is 1.99. The first kappa shape index (κ1) is 16.8. The van der Waals surface area contributed by atoms with Crippen molar-refractivity contribution in [1.82, 2.24) is 15.5 Å². The van der Waals surface area contributed by atoms with E-state index >= 15 is 0 Å². The Morgan fingerprint density at radius 3 is 2.36 bits per heavy atom. The average molecular weight is 309 g/mol. The number of hydrogen-bond acceptors (Lipinski definition) is 3. The fourth-order valence-corrected chi connectivity index (χ4v) is 3.62. The number of carbonyl (C=O) groups excluding carboxylic acids is 3. The van der Waals surface area contributed by atoms with Gasteiger partial charge in [0.1, 0.15) is 12.1 Å². The number of carbonyl (C=O) groups is 3. The van der Waals surface area contributed by atoms with Crippen LogP contribution < -0.4 is 10.6 Å². The van der Waals surface area contributed by atoms with Gasteiger partial charge in [-0.25, -0.2) is 4.79 Å². The lowest BCUT2D eigenvalue weighted by Gasteiger charge is -2.25. The van der Waals surface area contributed by atoms with E-state index in [1.165, 1.54) is 0 Å². The van der Waals surface area contributed by atoms with Crippen LogP contribution in [-0.2, 0) is 9.59 Å². The molecule has 22 heavy (non-hydrogen) atoms. The number of urea groups is 1. The van der Waals surface area contributed by atoms with Gasteiger partial charge in [0.2, 0.25) is 5.91 Å². The summed E-state index contributed by atoms with van der Waals surface area (Å²) in [5.41, 5.74) is -0.811. The van der Waals surface area contributed by atoms with Crippen molar-refractivity contribution in [3.8, 4) is 0 Å². The van der Waals surface area contributed by atoms with Crippen LogP contribution in [0.2, 0.25) is 0 Å². The van der Waals surface area contributed by atoms with Crippen LogP contribution in [0.1, 0.15) is 65.2 Å². The summed E-state index contributed by atoms with van der Waals surface area (Å²) in [5.74, 6) is -0.484. The predicted molar refractivity (Wildman–Crippen MR) is 83.2 cm³/mol. The average Bonchev–Trinajstić information content (AvgIpc) is 3.03. The van der Waals surface area contributed by atoms with Gasteiger partial charge in [-0.05, 0) is 25.7 Å². The van der Waals surface area contributed by atoms with Crippen LogP contribution in [0.5, 0.6) is 0 Å². The molecule has 4 amide bonds. The second kappa shape index (κ2) is 7.11. The highest BCUT2D eigenvalue weighted by Gasteiger charge is 2.50. The molecule has 1 saturated heterocycles. The van der Waals surface area contributed by atoms with Crippen molar-refractivity contribution >= 4 is 17.8 Å². The quantitative estimate of drug-likeness (QED) is 0.705. The summed E-state index contributed by atoms with van der Waals surface area (Å²) in [7, 11) is 0. The zero-order chi connectivity index (χ0) is 16.2. The minimum Gasteiger partial charge on any atom is -0.352 e. The molecule has 2 N–H and O–H groups in total. The van der Waals surface area contributed by atoms with Crippen LogP contribution in [0.3, 0.4) is 0 Å². The Kier molecular flexibility index (Phi) is 5.42. The van der Waals surface area contributed by atoms with E-state index in [1.807, 2.05) is 13.8 Å². The molecule has 0 aromatic heterocycles. The van der Waals surface area contributed by atoms with Crippen LogP contribution in [0.15, 0.2) is 0 Å². The summed E-state index contributed by atoms with van der Waals surface area (Å²) >= 11 is 0. The molecule has 0 unspecified atom stereocenters. The summed E-state index contributed by atoms with van der Waals surface area (Å²) in [6.07, 6.45) is 7.10. The topological polar surface area (TPSA) is 78.5 Å². The number of rotatable bonds is 7. The molecule has 0 atom stereocenters. The third-order valence-corrected chi connectivity index (χ3v) is 4.62. The minimum atomic E-state index is -0.811. The van der Waals surface area contributed by atoms with Gasteiger partial charge < -0.3 is 10.6 Å². The van der Waals surface area contributed by atoms with E-state index in [-0.39, 0.29) is 24.4 Å². The maximum Gasteiger partial charge on any atom is 0.325 e. The normalized spacial score (nSPS) is 21.3. The maximum absolute atomic E-state index is 12.7. The molecule has 0 aromatic carbocycles. The highest BCUT2D eigenvalue weighted by molar-refractivity contribution is 6.09. The fraction of sp³-hybridized carbons (Fsp3) is 0.812. The molecule has 124 valence electrons. The Bertz CT molecular complexity index is 438. The number of imide groups is 1. The first-order chi connectivity index (χ1) is 10.5. The Morgan fingerprint density at radius 2 is 1.82 bits per heavy atom. The van der Waals surface area contributed by atoms with Crippen molar-refractivity contribution in [3.63, 3.8) is 0 Å². The van der Waals surface area contributed by atoms with E-state index in [2.05, 4.69) is 10.6 Å². The van der Waals surface area contributed by atoms with Crippen LogP contribution in [0, 0.1) is 0 Å². The molecule has 1 saturated carbocycles. The Morgan fingerprint density at radius 1 is 1.23 bits per heavy atom. The summed E-state index contributed by atoms with van der Waals surface area (Å²) in [6, 6.07) is -0.238. The van der Waals surface area contributed by atoms with Gasteiger partial charge in [-0.3, -0.25) is 14.5 Å². The van der Waals surface area contributed by atoms with Crippen LogP contribution in [0.25, 0.3) is 0 Å². The second-order valence-electron chi connectivity index (χ2n) is 6.45.